The summed E-state index contributed by atoms with van der Waals surface area (Å²) in [5.74, 6) is 0.00447. The molecule has 1 atom stereocenters. The molecule has 0 aromatic carbocycles. The minimum absolute atomic E-state index is 0.00447. The summed E-state index contributed by atoms with van der Waals surface area (Å²) in [7, 11) is 0. The number of nitrogens with two attached hydrogens (primary N) is 1. The molecule has 3 heterocycles. The number of H-pyrrole nitrogens is 1. The van der Waals surface area contributed by atoms with Crippen molar-refractivity contribution in [3.8, 4) is 11.3 Å². The standard InChI is InChI=1S/C15H18N4O/c16-5-1-2-11-8-14-12(15(20)18-11)9-13(19-14)10-3-6-17-7-4-10/h3-4,6-7,9,11,19H,1-2,5,8,16H2,(H,18,20). The van der Waals surface area contributed by atoms with Crippen molar-refractivity contribution in [2.24, 2.45) is 5.73 Å². The van der Waals surface area contributed by atoms with Crippen LogP contribution in [0.15, 0.2) is 30.6 Å². The monoisotopic (exact) mass is 270 g/mol. The van der Waals surface area contributed by atoms with Gasteiger partial charge in [-0.05, 0) is 37.6 Å². The Hall–Kier alpha value is -2.14. The SMILES string of the molecule is NCCCC1Cc2[nH]c(-c3ccncc3)cc2C(=O)N1. The fraction of sp³-hybridized carbons (Fsp3) is 0.333. The maximum absolute atomic E-state index is 12.1. The third-order valence-corrected chi connectivity index (χ3v) is 3.68. The van der Waals surface area contributed by atoms with E-state index in [2.05, 4.69) is 15.3 Å². The molecule has 0 spiro atoms. The Kier molecular flexibility index (Phi) is 3.52. The second kappa shape index (κ2) is 5.46. The van der Waals surface area contributed by atoms with Gasteiger partial charge in [0, 0.05) is 41.8 Å². The summed E-state index contributed by atoms with van der Waals surface area (Å²) in [6.07, 6.45) is 6.19. The summed E-state index contributed by atoms with van der Waals surface area (Å²) in [5, 5.41) is 3.05. The number of aromatic amines is 1. The number of aromatic nitrogens is 2. The Balaban J connectivity index is 1.86. The smallest absolute Gasteiger partial charge is 0.253 e. The fourth-order valence-electron chi connectivity index (χ4n) is 2.65. The van der Waals surface area contributed by atoms with Crippen LogP contribution in [0.2, 0.25) is 0 Å². The van der Waals surface area contributed by atoms with Gasteiger partial charge in [-0.2, -0.15) is 0 Å². The van der Waals surface area contributed by atoms with Crippen molar-refractivity contribution in [2.45, 2.75) is 25.3 Å². The van der Waals surface area contributed by atoms with Crippen LogP contribution in [-0.2, 0) is 6.42 Å². The number of nitrogens with zero attached hydrogens (tertiary/aromatic N) is 1. The molecule has 0 fully saturated rings. The first-order valence-electron chi connectivity index (χ1n) is 6.91. The van der Waals surface area contributed by atoms with Crippen LogP contribution in [0.25, 0.3) is 11.3 Å². The third kappa shape index (κ3) is 2.44. The molecule has 104 valence electrons. The molecule has 1 aliphatic rings. The Morgan fingerprint density at radius 3 is 2.90 bits per heavy atom. The van der Waals surface area contributed by atoms with E-state index in [9.17, 15) is 4.79 Å². The molecule has 1 amide bonds. The maximum Gasteiger partial charge on any atom is 0.253 e. The van der Waals surface area contributed by atoms with E-state index in [1.165, 1.54) is 0 Å². The number of carbonyl (C=O) groups is 1. The molecule has 0 radical (unpaired) electrons. The number of nitrogens with one attached hydrogen (secondary N) is 2. The molecule has 1 unspecified atom stereocenters. The van der Waals surface area contributed by atoms with Crippen LogP contribution in [0, 0.1) is 0 Å². The normalized spacial score (nSPS) is 17.6. The van der Waals surface area contributed by atoms with Crippen LogP contribution in [0.5, 0.6) is 0 Å². The van der Waals surface area contributed by atoms with Crippen molar-refractivity contribution in [3.05, 3.63) is 41.9 Å². The van der Waals surface area contributed by atoms with Gasteiger partial charge in [-0.25, -0.2) is 0 Å². The first-order valence-corrected chi connectivity index (χ1v) is 6.91. The molecule has 0 bridgehead atoms. The number of hydrogen-bond donors (Lipinski definition) is 3. The van der Waals surface area contributed by atoms with E-state index in [-0.39, 0.29) is 11.9 Å². The van der Waals surface area contributed by atoms with Gasteiger partial charge in [0.15, 0.2) is 0 Å². The van der Waals surface area contributed by atoms with Gasteiger partial charge in [-0.1, -0.05) is 0 Å². The highest BCUT2D eigenvalue weighted by atomic mass is 16.1. The van der Waals surface area contributed by atoms with E-state index in [4.69, 9.17) is 5.73 Å². The van der Waals surface area contributed by atoms with Gasteiger partial charge in [0.2, 0.25) is 0 Å². The number of rotatable bonds is 4. The lowest BCUT2D eigenvalue weighted by Crippen LogP contribution is -2.41. The van der Waals surface area contributed by atoms with Crippen LogP contribution >= 0.6 is 0 Å². The minimum Gasteiger partial charge on any atom is -0.358 e. The van der Waals surface area contributed by atoms with E-state index in [1.807, 2.05) is 18.2 Å². The van der Waals surface area contributed by atoms with Gasteiger partial charge in [-0.3, -0.25) is 9.78 Å². The van der Waals surface area contributed by atoms with Crippen molar-refractivity contribution < 1.29 is 4.79 Å². The Bertz CT molecular complexity index is 606. The first-order chi connectivity index (χ1) is 9.78. The summed E-state index contributed by atoms with van der Waals surface area (Å²) in [5.41, 5.74) is 9.30. The maximum atomic E-state index is 12.1. The lowest BCUT2D eigenvalue weighted by Gasteiger charge is -2.23. The third-order valence-electron chi connectivity index (χ3n) is 3.68. The zero-order valence-corrected chi connectivity index (χ0v) is 11.2. The number of carbonyl (C=O) groups excluding carboxylic acids is 1. The Labute approximate surface area is 117 Å². The van der Waals surface area contributed by atoms with Gasteiger partial charge < -0.3 is 16.0 Å². The van der Waals surface area contributed by atoms with Crippen molar-refractivity contribution in [3.63, 3.8) is 0 Å². The molecule has 2 aromatic rings. The zero-order chi connectivity index (χ0) is 13.9. The van der Waals surface area contributed by atoms with Crippen LogP contribution in [-0.4, -0.2) is 28.5 Å². The zero-order valence-electron chi connectivity index (χ0n) is 11.2. The predicted octanol–water partition coefficient (Wildman–Crippen LogP) is 1.47. The van der Waals surface area contributed by atoms with E-state index in [1.54, 1.807) is 12.4 Å². The molecular formula is C15H18N4O. The highest BCUT2D eigenvalue weighted by Gasteiger charge is 2.26. The van der Waals surface area contributed by atoms with Crippen LogP contribution in [0.1, 0.15) is 28.9 Å². The Morgan fingerprint density at radius 1 is 1.35 bits per heavy atom. The van der Waals surface area contributed by atoms with E-state index >= 15 is 0 Å². The van der Waals surface area contributed by atoms with Crippen LogP contribution in [0.3, 0.4) is 0 Å². The van der Waals surface area contributed by atoms with Gasteiger partial charge in [0.05, 0.1) is 5.56 Å². The number of amides is 1. The predicted molar refractivity (Wildman–Crippen MR) is 77.3 cm³/mol. The molecule has 5 heteroatoms. The fourth-order valence-corrected chi connectivity index (χ4v) is 2.65. The van der Waals surface area contributed by atoms with E-state index in [0.29, 0.717) is 6.54 Å². The second-order valence-corrected chi connectivity index (χ2v) is 5.12. The lowest BCUT2D eigenvalue weighted by molar-refractivity contribution is 0.0922. The second-order valence-electron chi connectivity index (χ2n) is 5.12. The van der Waals surface area contributed by atoms with Gasteiger partial charge in [-0.15, -0.1) is 0 Å². The Morgan fingerprint density at radius 2 is 2.15 bits per heavy atom. The van der Waals surface area contributed by atoms with Crippen molar-refractivity contribution in [1.29, 1.82) is 0 Å². The molecule has 20 heavy (non-hydrogen) atoms. The van der Waals surface area contributed by atoms with E-state index < -0.39 is 0 Å². The first kappa shape index (κ1) is 12.9. The van der Waals surface area contributed by atoms with Crippen LogP contribution in [0.4, 0.5) is 0 Å². The van der Waals surface area contributed by atoms with E-state index in [0.717, 1.165) is 41.8 Å². The lowest BCUT2D eigenvalue weighted by atomic mass is 9.98. The molecule has 2 aromatic heterocycles. The molecule has 0 saturated carbocycles. The minimum atomic E-state index is 0.00447. The quantitative estimate of drug-likeness (QED) is 0.786. The average Bonchev–Trinajstić information content (AvgIpc) is 2.91. The van der Waals surface area contributed by atoms with Crippen LogP contribution < -0.4 is 11.1 Å². The molecule has 3 rings (SSSR count). The van der Waals surface area contributed by atoms with Gasteiger partial charge in [0.1, 0.15) is 0 Å². The van der Waals surface area contributed by atoms with Crippen molar-refractivity contribution in [2.75, 3.05) is 6.54 Å². The molecular weight excluding hydrogens is 252 g/mol. The summed E-state index contributed by atoms with van der Waals surface area (Å²) < 4.78 is 0. The number of pyridine rings is 1. The van der Waals surface area contributed by atoms with Gasteiger partial charge in [0.25, 0.3) is 5.91 Å². The molecule has 0 aliphatic carbocycles. The molecule has 4 N–H and O–H groups in total. The van der Waals surface area contributed by atoms with Crippen molar-refractivity contribution >= 4 is 5.91 Å². The summed E-state index contributed by atoms with van der Waals surface area (Å²) >= 11 is 0. The molecule has 0 saturated heterocycles. The van der Waals surface area contributed by atoms with Gasteiger partial charge >= 0.3 is 0 Å². The molecule has 1 aliphatic heterocycles. The number of hydrogen-bond acceptors (Lipinski definition) is 3. The summed E-state index contributed by atoms with van der Waals surface area (Å²) in [6.45, 7) is 0.659. The summed E-state index contributed by atoms with van der Waals surface area (Å²) in [4.78, 5) is 19.5. The summed E-state index contributed by atoms with van der Waals surface area (Å²) in [6, 6.07) is 5.96. The topological polar surface area (TPSA) is 83.8 Å². The highest BCUT2D eigenvalue weighted by molar-refractivity contribution is 5.98. The van der Waals surface area contributed by atoms with Crippen molar-refractivity contribution in [1.82, 2.24) is 15.3 Å². The largest absolute Gasteiger partial charge is 0.358 e. The number of fused-ring (bicyclic) bond motifs is 1. The highest BCUT2D eigenvalue weighted by Crippen LogP contribution is 2.25. The average molecular weight is 270 g/mol. The molecule has 5 nitrogen and oxygen atoms in total.